The first-order chi connectivity index (χ1) is 9.15. The van der Waals surface area contributed by atoms with E-state index in [9.17, 15) is 4.79 Å². The van der Waals surface area contributed by atoms with Crippen molar-refractivity contribution >= 4 is 17.4 Å². The summed E-state index contributed by atoms with van der Waals surface area (Å²) in [4.78, 5) is 17.4. The van der Waals surface area contributed by atoms with Crippen LogP contribution in [0.15, 0.2) is 18.5 Å². The zero-order chi connectivity index (χ0) is 13.4. The Morgan fingerprint density at radius 3 is 2.79 bits per heavy atom. The Kier molecular flexibility index (Phi) is 2.85. The molecule has 100 valence electrons. The second-order valence-electron chi connectivity index (χ2n) is 5.02. The molecule has 0 unspecified atom stereocenters. The van der Waals surface area contributed by atoms with Gasteiger partial charge >= 0.3 is 5.97 Å². The van der Waals surface area contributed by atoms with Crippen LogP contribution in [0.3, 0.4) is 0 Å². The number of anilines is 1. The number of aromatic nitrogens is 3. The Balaban J connectivity index is 1.89. The van der Waals surface area contributed by atoms with Gasteiger partial charge in [0.1, 0.15) is 12.1 Å². The maximum absolute atomic E-state index is 11.0. The molecule has 6 heteroatoms. The maximum atomic E-state index is 11.0. The van der Waals surface area contributed by atoms with Crippen molar-refractivity contribution in [3.63, 3.8) is 0 Å². The molecule has 0 amide bonds. The largest absolute Gasteiger partial charge is 0.481 e. The lowest BCUT2D eigenvalue weighted by Gasteiger charge is -2.31. The van der Waals surface area contributed by atoms with E-state index >= 15 is 0 Å². The van der Waals surface area contributed by atoms with E-state index in [1.165, 1.54) is 0 Å². The Labute approximate surface area is 110 Å². The first kappa shape index (κ1) is 12.0. The fourth-order valence-electron chi connectivity index (χ4n) is 2.62. The fourth-order valence-corrected chi connectivity index (χ4v) is 2.62. The Hall–Kier alpha value is -2.11. The van der Waals surface area contributed by atoms with Crippen molar-refractivity contribution in [2.24, 2.45) is 5.92 Å². The molecule has 0 radical (unpaired) electrons. The lowest BCUT2D eigenvalue weighted by atomic mass is 9.97. The van der Waals surface area contributed by atoms with Crippen molar-refractivity contribution in [1.29, 1.82) is 0 Å². The summed E-state index contributed by atoms with van der Waals surface area (Å²) in [5, 5.41) is 13.3. The van der Waals surface area contributed by atoms with Gasteiger partial charge < -0.3 is 10.0 Å². The third-order valence-corrected chi connectivity index (χ3v) is 3.67. The standard InChI is InChI=1S/C13H16N4O2/c1-9-6-11-14-8-15-17(11)12(7-9)16-4-2-10(3-5-16)13(18)19/h6-8,10H,2-5H2,1H3,(H,18,19). The second kappa shape index (κ2) is 4.53. The van der Waals surface area contributed by atoms with E-state index in [4.69, 9.17) is 5.11 Å². The summed E-state index contributed by atoms with van der Waals surface area (Å²) in [6.07, 6.45) is 2.90. The van der Waals surface area contributed by atoms with Gasteiger partial charge in [0.25, 0.3) is 0 Å². The smallest absolute Gasteiger partial charge is 0.306 e. The van der Waals surface area contributed by atoms with Gasteiger partial charge in [-0.05, 0) is 37.5 Å². The highest BCUT2D eigenvalue weighted by Crippen LogP contribution is 2.24. The van der Waals surface area contributed by atoms with Crippen LogP contribution in [0.4, 0.5) is 5.82 Å². The molecule has 6 nitrogen and oxygen atoms in total. The van der Waals surface area contributed by atoms with Crippen molar-refractivity contribution in [3.8, 4) is 0 Å². The van der Waals surface area contributed by atoms with Crippen LogP contribution in [0.1, 0.15) is 18.4 Å². The van der Waals surface area contributed by atoms with E-state index in [1.807, 2.05) is 17.5 Å². The van der Waals surface area contributed by atoms with Gasteiger partial charge in [-0.25, -0.2) is 4.98 Å². The summed E-state index contributed by atoms with van der Waals surface area (Å²) in [6.45, 7) is 3.52. The summed E-state index contributed by atoms with van der Waals surface area (Å²) in [5.41, 5.74) is 1.96. The molecule has 0 aromatic carbocycles. The zero-order valence-corrected chi connectivity index (χ0v) is 10.8. The number of aliphatic carboxylic acids is 1. The fraction of sp³-hybridized carbons (Fsp3) is 0.462. The predicted octanol–water partition coefficient (Wildman–Crippen LogP) is 1.34. The second-order valence-corrected chi connectivity index (χ2v) is 5.02. The van der Waals surface area contributed by atoms with E-state index in [2.05, 4.69) is 21.0 Å². The number of hydrogen-bond donors (Lipinski definition) is 1. The molecule has 0 atom stereocenters. The number of pyridine rings is 1. The molecule has 0 bridgehead atoms. The number of carbonyl (C=O) groups is 1. The molecule has 1 fully saturated rings. The average molecular weight is 260 g/mol. The van der Waals surface area contributed by atoms with E-state index in [-0.39, 0.29) is 5.92 Å². The van der Waals surface area contributed by atoms with Gasteiger partial charge in [0.2, 0.25) is 0 Å². The molecule has 1 aliphatic rings. The van der Waals surface area contributed by atoms with Crippen LogP contribution in [0.2, 0.25) is 0 Å². The van der Waals surface area contributed by atoms with E-state index in [0.717, 1.165) is 30.1 Å². The summed E-state index contributed by atoms with van der Waals surface area (Å²) in [6, 6.07) is 4.06. The van der Waals surface area contributed by atoms with Crippen LogP contribution in [0.5, 0.6) is 0 Å². The van der Waals surface area contributed by atoms with Gasteiger partial charge in [-0.15, -0.1) is 0 Å². The number of nitrogens with zero attached hydrogens (tertiary/aromatic N) is 4. The van der Waals surface area contributed by atoms with Gasteiger partial charge in [0.05, 0.1) is 5.92 Å². The average Bonchev–Trinajstić information content (AvgIpc) is 2.85. The Bertz CT molecular complexity index is 614. The molecule has 0 saturated carbocycles. The summed E-state index contributed by atoms with van der Waals surface area (Å²) < 4.78 is 1.81. The number of fused-ring (bicyclic) bond motifs is 1. The topological polar surface area (TPSA) is 70.7 Å². The van der Waals surface area contributed by atoms with Crippen LogP contribution < -0.4 is 4.90 Å². The van der Waals surface area contributed by atoms with Crippen molar-refractivity contribution in [1.82, 2.24) is 14.6 Å². The molecule has 3 heterocycles. The predicted molar refractivity (Wildman–Crippen MR) is 70.3 cm³/mol. The van der Waals surface area contributed by atoms with Crippen molar-refractivity contribution in [2.45, 2.75) is 19.8 Å². The molecule has 0 spiro atoms. The highest BCUT2D eigenvalue weighted by Gasteiger charge is 2.25. The summed E-state index contributed by atoms with van der Waals surface area (Å²) in [7, 11) is 0. The molecule has 19 heavy (non-hydrogen) atoms. The number of carboxylic acids is 1. The number of hydrogen-bond acceptors (Lipinski definition) is 4. The van der Waals surface area contributed by atoms with Crippen LogP contribution in [0, 0.1) is 12.8 Å². The number of piperidine rings is 1. The molecule has 2 aromatic heterocycles. The molecule has 2 aromatic rings. The minimum absolute atomic E-state index is 0.215. The lowest BCUT2D eigenvalue weighted by molar-refractivity contribution is -0.142. The maximum Gasteiger partial charge on any atom is 0.306 e. The monoisotopic (exact) mass is 260 g/mol. The Morgan fingerprint density at radius 1 is 1.37 bits per heavy atom. The number of carboxylic acid groups (broad SMARTS) is 1. The quantitative estimate of drug-likeness (QED) is 0.882. The normalized spacial score (nSPS) is 17.0. The van der Waals surface area contributed by atoms with E-state index in [1.54, 1.807) is 6.33 Å². The minimum atomic E-state index is -0.685. The zero-order valence-electron chi connectivity index (χ0n) is 10.8. The first-order valence-electron chi connectivity index (χ1n) is 6.43. The van der Waals surface area contributed by atoms with Gasteiger partial charge in [-0.1, -0.05) is 0 Å². The van der Waals surface area contributed by atoms with Crippen LogP contribution >= 0.6 is 0 Å². The number of aryl methyl sites for hydroxylation is 1. The highest BCUT2D eigenvalue weighted by molar-refractivity contribution is 5.70. The van der Waals surface area contributed by atoms with Gasteiger partial charge in [0, 0.05) is 13.1 Å². The van der Waals surface area contributed by atoms with Gasteiger partial charge in [-0.3, -0.25) is 4.79 Å². The third-order valence-electron chi connectivity index (χ3n) is 3.67. The lowest BCUT2D eigenvalue weighted by Crippen LogP contribution is -2.37. The van der Waals surface area contributed by atoms with Crippen LogP contribution in [0.25, 0.3) is 5.65 Å². The van der Waals surface area contributed by atoms with Crippen molar-refractivity contribution in [3.05, 3.63) is 24.0 Å². The summed E-state index contributed by atoms with van der Waals surface area (Å²) >= 11 is 0. The van der Waals surface area contributed by atoms with Gasteiger partial charge in [-0.2, -0.15) is 9.61 Å². The first-order valence-corrected chi connectivity index (χ1v) is 6.43. The minimum Gasteiger partial charge on any atom is -0.481 e. The van der Waals surface area contributed by atoms with Crippen LogP contribution in [-0.4, -0.2) is 38.8 Å². The van der Waals surface area contributed by atoms with Crippen molar-refractivity contribution < 1.29 is 9.90 Å². The van der Waals surface area contributed by atoms with E-state index in [0.29, 0.717) is 12.8 Å². The molecular formula is C13H16N4O2. The molecule has 1 saturated heterocycles. The SMILES string of the molecule is Cc1cc(N2CCC(C(=O)O)CC2)n2ncnc2c1. The number of rotatable bonds is 2. The van der Waals surface area contributed by atoms with Crippen LogP contribution in [-0.2, 0) is 4.79 Å². The molecule has 1 aliphatic heterocycles. The molecule has 1 N–H and O–H groups in total. The van der Waals surface area contributed by atoms with E-state index < -0.39 is 5.97 Å². The van der Waals surface area contributed by atoms with Gasteiger partial charge in [0.15, 0.2) is 5.65 Å². The van der Waals surface area contributed by atoms with Crippen molar-refractivity contribution in [2.75, 3.05) is 18.0 Å². The summed E-state index contributed by atoms with van der Waals surface area (Å²) in [5.74, 6) is 0.0958. The molecule has 0 aliphatic carbocycles. The highest BCUT2D eigenvalue weighted by atomic mass is 16.4. The third kappa shape index (κ3) is 2.14. The molecule has 3 rings (SSSR count). The Morgan fingerprint density at radius 2 is 2.11 bits per heavy atom. The molecular weight excluding hydrogens is 244 g/mol.